The molecule has 8 heteroatoms. The van der Waals surface area contributed by atoms with Crippen LogP contribution in [0.25, 0.3) is 0 Å². The first-order chi connectivity index (χ1) is 9.55. The molecule has 0 bridgehead atoms. The van der Waals surface area contributed by atoms with Gasteiger partial charge in [0.25, 0.3) is 0 Å². The van der Waals surface area contributed by atoms with Crippen molar-refractivity contribution in [1.82, 2.24) is 20.3 Å². The molecule has 0 aliphatic heterocycles. The van der Waals surface area contributed by atoms with E-state index in [1.807, 2.05) is 20.8 Å². The van der Waals surface area contributed by atoms with Crippen molar-refractivity contribution < 1.29 is 4.79 Å². The van der Waals surface area contributed by atoms with E-state index in [0.29, 0.717) is 31.4 Å². The summed E-state index contributed by atoms with van der Waals surface area (Å²) in [5.41, 5.74) is 0. The number of aromatic nitrogens is 3. The SMILES string of the molecule is CCNc1nc(Cl)nc(NCCC(=O)NC(C)CC)n1. The predicted molar refractivity (Wildman–Crippen MR) is 80.0 cm³/mol. The molecule has 0 fully saturated rings. The van der Waals surface area contributed by atoms with Crippen molar-refractivity contribution in [3.63, 3.8) is 0 Å². The summed E-state index contributed by atoms with van der Waals surface area (Å²) >= 11 is 5.79. The van der Waals surface area contributed by atoms with Crippen LogP contribution in [-0.4, -0.2) is 40.0 Å². The molecule has 1 atom stereocenters. The molecule has 7 nitrogen and oxygen atoms in total. The fourth-order valence-corrected chi connectivity index (χ4v) is 1.56. The van der Waals surface area contributed by atoms with E-state index in [9.17, 15) is 4.79 Å². The number of hydrogen-bond donors (Lipinski definition) is 3. The van der Waals surface area contributed by atoms with Gasteiger partial charge in [0, 0.05) is 25.6 Å². The Bertz CT molecular complexity index is 442. The van der Waals surface area contributed by atoms with Gasteiger partial charge >= 0.3 is 0 Å². The number of carbonyl (C=O) groups excluding carboxylic acids is 1. The van der Waals surface area contributed by atoms with Crippen molar-refractivity contribution in [1.29, 1.82) is 0 Å². The van der Waals surface area contributed by atoms with Gasteiger partial charge in [-0.25, -0.2) is 0 Å². The van der Waals surface area contributed by atoms with Crippen LogP contribution >= 0.6 is 11.6 Å². The fourth-order valence-electron chi connectivity index (χ4n) is 1.40. The maximum Gasteiger partial charge on any atom is 0.228 e. The molecule has 112 valence electrons. The second-order valence-electron chi connectivity index (χ2n) is 4.34. The molecule has 1 amide bonds. The minimum Gasteiger partial charge on any atom is -0.354 e. The Morgan fingerprint density at radius 1 is 1.20 bits per heavy atom. The average molecular weight is 301 g/mol. The third-order valence-corrected chi connectivity index (χ3v) is 2.77. The van der Waals surface area contributed by atoms with Crippen molar-refractivity contribution >= 4 is 29.4 Å². The zero-order valence-corrected chi connectivity index (χ0v) is 12.8. The normalized spacial score (nSPS) is 11.8. The quantitative estimate of drug-likeness (QED) is 0.676. The Balaban J connectivity index is 2.43. The Morgan fingerprint density at radius 3 is 2.45 bits per heavy atom. The average Bonchev–Trinajstić information content (AvgIpc) is 2.38. The summed E-state index contributed by atoms with van der Waals surface area (Å²) in [5.74, 6) is 0.773. The molecule has 1 aromatic heterocycles. The highest BCUT2D eigenvalue weighted by Gasteiger charge is 2.07. The topological polar surface area (TPSA) is 91.8 Å². The smallest absolute Gasteiger partial charge is 0.228 e. The summed E-state index contributed by atoms with van der Waals surface area (Å²) in [7, 11) is 0. The molecule has 0 aliphatic rings. The van der Waals surface area contributed by atoms with Crippen LogP contribution in [0.2, 0.25) is 5.28 Å². The van der Waals surface area contributed by atoms with Crippen LogP contribution in [0.4, 0.5) is 11.9 Å². The van der Waals surface area contributed by atoms with Gasteiger partial charge in [0.05, 0.1) is 0 Å². The first-order valence-corrected chi connectivity index (χ1v) is 7.11. The lowest BCUT2D eigenvalue weighted by molar-refractivity contribution is -0.121. The van der Waals surface area contributed by atoms with Crippen LogP contribution in [0.3, 0.4) is 0 Å². The molecule has 0 saturated carbocycles. The van der Waals surface area contributed by atoms with Crippen LogP contribution in [0, 0.1) is 0 Å². The first kappa shape index (κ1) is 16.4. The van der Waals surface area contributed by atoms with E-state index in [2.05, 4.69) is 30.9 Å². The second-order valence-corrected chi connectivity index (χ2v) is 4.67. The van der Waals surface area contributed by atoms with Gasteiger partial charge in [0.15, 0.2) is 0 Å². The van der Waals surface area contributed by atoms with Crippen LogP contribution < -0.4 is 16.0 Å². The largest absolute Gasteiger partial charge is 0.354 e. The minimum atomic E-state index is -0.00101. The highest BCUT2D eigenvalue weighted by Crippen LogP contribution is 2.09. The van der Waals surface area contributed by atoms with Gasteiger partial charge in [-0.05, 0) is 31.9 Å². The van der Waals surface area contributed by atoms with Gasteiger partial charge < -0.3 is 16.0 Å². The molecule has 0 spiro atoms. The molecule has 1 heterocycles. The maximum atomic E-state index is 11.6. The number of carbonyl (C=O) groups is 1. The van der Waals surface area contributed by atoms with Crippen molar-refractivity contribution in [2.75, 3.05) is 23.7 Å². The number of amides is 1. The molecule has 0 aliphatic carbocycles. The fraction of sp³-hybridized carbons (Fsp3) is 0.667. The van der Waals surface area contributed by atoms with E-state index in [4.69, 9.17) is 11.6 Å². The first-order valence-electron chi connectivity index (χ1n) is 6.73. The zero-order chi connectivity index (χ0) is 15.0. The summed E-state index contributed by atoms with van der Waals surface area (Å²) in [6.07, 6.45) is 1.26. The van der Waals surface area contributed by atoms with Crippen LogP contribution in [0.5, 0.6) is 0 Å². The zero-order valence-electron chi connectivity index (χ0n) is 12.0. The highest BCUT2D eigenvalue weighted by atomic mass is 35.5. The standard InChI is InChI=1S/C12H21ClN6O/c1-4-8(3)16-9(20)6-7-15-12-18-10(13)17-11(19-12)14-5-2/h8H,4-7H2,1-3H3,(H,16,20)(H2,14,15,17,18,19). The summed E-state index contributed by atoms with van der Waals surface area (Å²) in [5, 5.41) is 8.92. The predicted octanol–water partition coefficient (Wildman–Crippen LogP) is 1.67. The molecule has 1 rings (SSSR count). The number of rotatable bonds is 8. The third kappa shape index (κ3) is 6.01. The van der Waals surface area contributed by atoms with Crippen LogP contribution in [0.1, 0.15) is 33.6 Å². The summed E-state index contributed by atoms with van der Waals surface area (Å²) < 4.78 is 0. The van der Waals surface area contributed by atoms with E-state index >= 15 is 0 Å². The Morgan fingerprint density at radius 2 is 1.85 bits per heavy atom. The maximum absolute atomic E-state index is 11.6. The van der Waals surface area contributed by atoms with E-state index in [1.165, 1.54) is 0 Å². The van der Waals surface area contributed by atoms with Crippen molar-refractivity contribution in [3.05, 3.63) is 5.28 Å². The second kappa shape index (κ2) is 8.52. The van der Waals surface area contributed by atoms with Crippen molar-refractivity contribution in [3.8, 4) is 0 Å². The van der Waals surface area contributed by atoms with Gasteiger partial charge in [-0.1, -0.05) is 6.92 Å². The molecular formula is C12H21ClN6O. The molecular weight excluding hydrogens is 280 g/mol. The van der Waals surface area contributed by atoms with Crippen LogP contribution in [0.15, 0.2) is 0 Å². The lowest BCUT2D eigenvalue weighted by atomic mass is 10.2. The van der Waals surface area contributed by atoms with Gasteiger partial charge in [-0.2, -0.15) is 15.0 Å². The number of nitrogens with one attached hydrogen (secondary N) is 3. The lowest BCUT2D eigenvalue weighted by Gasteiger charge is -2.11. The van der Waals surface area contributed by atoms with Crippen LogP contribution in [-0.2, 0) is 4.79 Å². The van der Waals surface area contributed by atoms with E-state index in [0.717, 1.165) is 6.42 Å². The molecule has 0 saturated heterocycles. The van der Waals surface area contributed by atoms with Gasteiger partial charge in [-0.15, -0.1) is 0 Å². The molecule has 0 aromatic carbocycles. The Hall–Kier alpha value is -1.63. The van der Waals surface area contributed by atoms with Crippen molar-refractivity contribution in [2.45, 2.75) is 39.7 Å². The van der Waals surface area contributed by atoms with Gasteiger partial charge in [0.2, 0.25) is 23.1 Å². The van der Waals surface area contributed by atoms with Gasteiger partial charge in [-0.3, -0.25) is 4.79 Å². The molecule has 1 aromatic rings. The Labute approximate surface area is 123 Å². The summed E-state index contributed by atoms with van der Waals surface area (Å²) in [4.78, 5) is 23.6. The number of anilines is 2. The number of hydrogen-bond acceptors (Lipinski definition) is 6. The number of nitrogens with zero attached hydrogens (tertiary/aromatic N) is 3. The van der Waals surface area contributed by atoms with E-state index in [1.54, 1.807) is 0 Å². The monoisotopic (exact) mass is 300 g/mol. The number of halogens is 1. The van der Waals surface area contributed by atoms with Gasteiger partial charge in [0.1, 0.15) is 0 Å². The lowest BCUT2D eigenvalue weighted by Crippen LogP contribution is -2.33. The third-order valence-electron chi connectivity index (χ3n) is 2.60. The molecule has 20 heavy (non-hydrogen) atoms. The molecule has 0 radical (unpaired) electrons. The highest BCUT2D eigenvalue weighted by molar-refractivity contribution is 6.28. The Kier molecular flexibility index (Phi) is 7.00. The van der Waals surface area contributed by atoms with Crippen molar-refractivity contribution in [2.24, 2.45) is 0 Å². The van der Waals surface area contributed by atoms with E-state index in [-0.39, 0.29) is 17.2 Å². The summed E-state index contributed by atoms with van der Waals surface area (Å²) in [6.45, 7) is 7.06. The summed E-state index contributed by atoms with van der Waals surface area (Å²) in [6, 6.07) is 0.189. The molecule has 1 unspecified atom stereocenters. The molecule has 3 N–H and O–H groups in total. The van der Waals surface area contributed by atoms with E-state index < -0.39 is 0 Å². The minimum absolute atomic E-state index is 0.00101.